The van der Waals surface area contributed by atoms with E-state index in [2.05, 4.69) is 5.32 Å². The van der Waals surface area contributed by atoms with Gasteiger partial charge in [-0.2, -0.15) is 0 Å². The number of hydrogen-bond donors (Lipinski definition) is 2. The van der Waals surface area contributed by atoms with Gasteiger partial charge in [0.1, 0.15) is 23.6 Å². The third kappa shape index (κ3) is 4.43. The summed E-state index contributed by atoms with van der Waals surface area (Å²) < 4.78 is 11.1. The average molecular weight is 499 g/mol. The molecule has 2 aromatic heterocycles. The summed E-state index contributed by atoms with van der Waals surface area (Å²) >= 11 is 3.13. The molecule has 4 heterocycles. The number of carbonyl (C=O) groups is 2. The first kappa shape index (κ1) is 22.5. The smallest absolute Gasteiger partial charge is 0.352 e. The van der Waals surface area contributed by atoms with Gasteiger partial charge in [-0.15, -0.1) is 23.1 Å². The maximum atomic E-state index is 12.4. The van der Waals surface area contributed by atoms with Crippen LogP contribution in [0, 0.1) is 6.92 Å². The van der Waals surface area contributed by atoms with Crippen molar-refractivity contribution in [3.05, 3.63) is 73.9 Å². The predicted molar refractivity (Wildman–Crippen MR) is 130 cm³/mol. The lowest BCUT2D eigenvalue weighted by Crippen LogP contribution is -2.66. The largest absolute Gasteiger partial charge is 0.489 e. The zero-order valence-corrected chi connectivity index (χ0v) is 19.9. The van der Waals surface area contributed by atoms with Crippen molar-refractivity contribution in [2.24, 2.45) is 0 Å². The second-order valence-electron chi connectivity index (χ2n) is 8.24. The minimum absolute atomic E-state index is 0.0547. The number of nitrogens with one attached hydrogen (secondary N) is 1. The Morgan fingerprint density at radius 2 is 2.15 bits per heavy atom. The van der Waals surface area contributed by atoms with E-state index in [9.17, 15) is 19.5 Å². The van der Waals surface area contributed by atoms with E-state index in [4.69, 9.17) is 9.15 Å². The molecule has 2 aliphatic heterocycles. The van der Waals surface area contributed by atoms with Crippen LogP contribution in [0.25, 0.3) is 11.0 Å². The number of carboxylic acids is 1. The van der Waals surface area contributed by atoms with Gasteiger partial charge < -0.3 is 24.5 Å². The summed E-state index contributed by atoms with van der Waals surface area (Å²) in [5, 5.41) is 15.6. The Morgan fingerprint density at radius 3 is 2.91 bits per heavy atom. The number of nitrogens with zero attached hydrogens (tertiary/aromatic N) is 1. The quantitative estimate of drug-likeness (QED) is 0.479. The lowest BCUT2D eigenvalue weighted by molar-refractivity contribution is -0.135. The molecule has 2 aliphatic rings. The van der Waals surface area contributed by atoms with Crippen molar-refractivity contribution in [3.63, 3.8) is 0 Å². The minimum Gasteiger partial charge on any atom is -0.489 e. The van der Waals surface area contributed by atoms with E-state index in [1.807, 2.05) is 35.4 Å². The Bertz CT molecular complexity index is 1350. The average Bonchev–Trinajstić information content (AvgIpc) is 3.28. The number of rotatable bonds is 7. The molecule has 5 rings (SSSR count). The molecule has 176 valence electrons. The number of fused-ring (bicyclic) bond motifs is 2. The lowest BCUT2D eigenvalue weighted by Gasteiger charge is -2.52. The minimum atomic E-state index is -1.01. The highest BCUT2D eigenvalue weighted by molar-refractivity contribution is 8.00. The number of thioether (sulfide) groups is 1. The first-order valence-electron chi connectivity index (χ1n) is 10.7. The number of carbonyl (C=O) groups excluding carboxylic acids is 1. The zero-order chi connectivity index (χ0) is 23.8. The first-order chi connectivity index (χ1) is 16.4. The Hall–Kier alpha value is -3.24. The van der Waals surface area contributed by atoms with E-state index in [0.29, 0.717) is 35.6 Å². The van der Waals surface area contributed by atoms with E-state index in [1.165, 1.54) is 17.4 Å². The Morgan fingerprint density at radius 1 is 1.29 bits per heavy atom. The molecule has 3 aromatic rings. The van der Waals surface area contributed by atoms with Crippen molar-refractivity contribution in [2.75, 3.05) is 18.9 Å². The van der Waals surface area contributed by atoms with Crippen LogP contribution < -0.4 is 15.7 Å². The van der Waals surface area contributed by atoms with Crippen LogP contribution in [-0.2, 0) is 16.0 Å². The Labute approximate surface area is 203 Å². The van der Waals surface area contributed by atoms with Crippen molar-refractivity contribution in [2.45, 2.75) is 24.8 Å². The van der Waals surface area contributed by atoms with Crippen LogP contribution in [0.1, 0.15) is 10.4 Å². The predicted octanol–water partition coefficient (Wildman–Crippen LogP) is 3.00. The molecule has 10 heteroatoms. The fraction of sp³-hybridized carbons (Fsp3) is 0.292. The monoisotopic (exact) mass is 498 g/mol. The third-order valence-electron chi connectivity index (χ3n) is 5.89. The second kappa shape index (κ2) is 9.19. The molecule has 2 N–H and O–H groups in total. The third-order valence-corrected chi connectivity index (χ3v) is 8.21. The van der Waals surface area contributed by atoms with Crippen molar-refractivity contribution in [3.8, 4) is 5.75 Å². The lowest BCUT2D eigenvalue weighted by atomic mass is 10.0. The van der Waals surface area contributed by atoms with Gasteiger partial charge in [0.05, 0.1) is 17.8 Å². The Kier molecular flexibility index (Phi) is 6.09. The highest BCUT2D eigenvalue weighted by Crippen LogP contribution is 2.39. The summed E-state index contributed by atoms with van der Waals surface area (Å²) in [4.78, 5) is 38.9. The summed E-state index contributed by atoms with van der Waals surface area (Å²) in [5.74, 6) is -0.0804. The van der Waals surface area contributed by atoms with Crippen LogP contribution in [-0.4, -0.2) is 52.2 Å². The van der Waals surface area contributed by atoms with Crippen molar-refractivity contribution < 1.29 is 23.8 Å². The first-order valence-corrected chi connectivity index (χ1v) is 12.6. The van der Waals surface area contributed by atoms with Crippen LogP contribution in [0.4, 0.5) is 0 Å². The van der Waals surface area contributed by atoms with Crippen LogP contribution >= 0.6 is 23.1 Å². The van der Waals surface area contributed by atoms with E-state index in [0.717, 1.165) is 15.8 Å². The molecule has 1 aromatic carbocycles. The van der Waals surface area contributed by atoms with E-state index in [-0.39, 0.29) is 29.6 Å². The molecule has 2 unspecified atom stereocenters. The second-order valence-corrected chi connectivity index (χ2v) is 10.4. The summed E-state index contributed by atoms with van der Waals surface area (Å²) in [6.45, 7) is 2.39. The van der Waals surface area contributed by atoms with Gasteiger partial charge >= 0.3 is 11.6 Å². The molecular formula is C24H22N2O6S2. The molecule has 0 radical (unpaired) electrons. The van der Waals surface area contributed by atoms with Gasteiger partial charge in [-0.25, -0.2) is 9.59 Å². The highest BCUT2D eigenvalue weighted by atomic mass is 32.2. The number of thiophene rings is 1. The van der Waals surface area contributed by atoms with Gasteiger partial charge in [0.2, 0.25) is 5.91 Å². The van der Waals surface area contributed by atoms with E-state index < -0.39 is 11.6 Å². The SMILES string of the molecule is Cc1cc(=O)oc2cc(OCC3=C(C(=O)O)N4CC(NC(=O)Cc5cccs5)C4SC3)ccc12. The molecular weight excluding hydrogens is 476 g/mol. The summed E-state index contributed by atoms with van der Waals surface area (Å²) in [6, 6.07) is 10.4. The van der Waals surface area contributed by atoms with Gasteiger partial charge in [0.15, 0.2) is 0 Å². The van der Waals surface area contributed by atoms with E-state index >= 15 is 0 Å². The number of carboxylic acid groups (broad SMARTS) is 1. The van der Waals surface area contributed by atoms with Crippen molar-refractivity contribution in [1.82, 2.24) is 10.2 Å². The number of benzene rings is 1. The standard InChI is InChI=1S/C24H22N2O6S2/c1-13-7-21(28)32-19-8-15(4-5-17(13)19)31-11-14-12-34-23-18(10-26(23)22(14)24(29)30)25-20(27)9-16-3-2-6-33-16/h2-8,18,23H,9-12H2,1H3,(H,25,27)(H,29,30). The summed E-state index contributed by atoms with van der Waals surface area (Å²) in [5.41, 5.74) is 1.72. The molecule has 1 amide bonds. The number of ether oxygens (including phenoxy) is 1. The molecule has 1 saturated heterocycles. The molecule has 8 nitrogen and oxygen atoms in total. The number of hydrogen-bond acceptors (Lipinski definition) is 8. The molecule has 0 spiro atoms. The zero-order valence-electron chi connectivity index (χ0n) is 18.3. The van der Waals surface area contributed by atoms with Gasteiger partial charge in [0.25, 0.3) is 0 Å². The van der Waals surface area contributed by atoms with Gasteiger partial charge in [0, 0.05) is 40.3 Å². The fourth-order valence-corrected chi connectivity index (χ4v) is 6.32. The molecule has 0 saturated carbocycles. The molecule has 0 aliphatic carbocycles. The fourth-order valence-electron chi connectivity index (χ4n) is 4.26. The summed E-state index contributed by atoms with van der Waals surface area (Å²) in [7, 11) is 0. The maximum absolute atomic E-state index is 12.4. The topological polar surface area (TPSA) is 109 Å². The maximum Gasteiger partial charge on any atom is 0.352 e. The number of aliphatic carboxylic acids is 1. The molecule has 34 heavy (non-hydrogen) atoms. The van der Waals surface area contributed by atoms with Crippen LogP contribution in [0.2, 0.25) is 0 Å². The Balaban J connectivity index is 1.26. The molecule has 2 atom stereocenters. The molecule has 1 fully saturated rings. The highest BCUT2D eigenvalue weighted by Gasteiger charge is 2.46. The normalized spacial score (nSPS) is 19.5. The number of amides is 1. The van der Waals surface area contributed by atoms with Crippen LogP contribution in [0.15, 0.2) is 62.3 Å². The van der Waals surface area contributed by atoms with Crippen LogP contribution in [0.5, 0.6) is 5.75 Å². The summed E-state index contributed by atoms with van der Waals surface area (Å²) in [6.07, 6.45) is 0.331. The van der Waals surface area contributed by atoms with Crippen LogP contribution in [0.3, 0.4) is 0 Å². The van der Waals surface area contributed by atoms with Crippen molar-refractivity contribution in [1.29, 1.82) is 0 Å². The van der Waals surface area contributed by atoms with Gasteiger partial charge in [-0.3, -0.25) is 4.79 Å². The molecule has 0 bridgehead atoms. The van der Waals surface area contributed by atoms with Crippen molar-refractivity contribution >= 4 is 45.9 Å². The van der Waals surface area contributed by atoms with Gasteiger partial charge in [-0.05, 0) is 36.1 Å². The van der Waals surface area contributed by atoms with E-state index in [1.54, 1.807) is 23.9 Å². The number of aryl methyl sites for hydroxylation is 1. The van der Waals surface area contributed by atoms with Gasteiger partial charge in [-0.1, -0.05) is 6.07 Å².